The van der Waals surface area contributed by atoms with Crippen LogP contribution in [-0.4, -0.2) is 37.0 Å². The van der Waals surface area contributed by atoms with Gasteiger partial charge in [-0.2, -0.15) is 0 Å². The SMILES string of the molecule is C/C(N)=C(/C(=N)c1ccncc1)c1ccc(N2CCC3(CCOCC3)C2)c(C)c1. The maximum absolute atomic E-state index is 8.69. The molecule has 0 atom stereocenters. The number of hydrogen-bond acceptors (Lipinski definition) is 5. The molecule has 0 amide bonds. The highest BCUT2D eigenvalue weighted by Crippen LogP contribution is 2.42. The Morgan fingerprint density at radius 2 is 1.83 bits per heavy atom. The zero-order chi connectivity index (χ0) is 20.4. The zero-order valence-corrected chi connectivity index (χ0v) is 17.4. The van der Waals surface area contributed by atoms with Gasteiger partial charge in [-0.05, 0) is 73.9 Å². The van der Waals surface area contributed by atoms with E-state index < -0.39 is 0 Å². The molecular formula is C24H30N4O. The number of allylic oxidation sites excluding steroid dienone is 2. The lowest BCUT2D eigenvalue weighted by Gasteiger charge is -2.33. The Bertz CT molecular complexity index is 925. The Morgan fingerprint density at radius 1 is 1.10 bits per heavy atom. The molecule has 0 bridgehead atoms. The summed E-state index contributed by atoms with van der Waals surface area (Å²) in [6, 6.07) is 10.2. The lowest BCUT2D eigenvalue weighted by atomic mass is 9.80. The van der Waals surface area contributed by atoms with Gasteiger partial charge in [0, 0.05) is 61.2 Å². The molecule has 2 saturated heterocycles. The molecule has 2 aromatic rings. The van der Waals surface area contributed by atoms with E-state index in [4.69, 9.17) is 15.9 Å². The number of ether oxygens (including phenoxy) is 1. The van der Waals surface area contributed by atoms with Crippen molar-refractivity contribution in [1.82, 2.24) is 4.98 Å². The molecule has 2 fully saturated rings. The minimum absolute atomic E-state index is 0.422. The van der Waals surface area contributed by atoms with Crippen molar-refractivity contribution in [3.05, 3.63) is 65.1 Å². The number of hydrogen-bond donors (Lipinski definition) is 2. The third kappa shape index (κ3) is 3.92. The van der Waals surface area contributed by atoms with E-state index in [1.165, 1.54) is 30.5 Å². The Balaban J connectivity index is 1.59. The normalized spacial score (nSPS) is 19.3. The minimum Gasteiger partial charge on any atom is -0.402 e. The summed E-state index contributed by atoms with van der Waals surface area (Å²) < 4.78 is 5.58. The second-order valence-corrected chi connectivity index (χ2v) is 8.45. The summed E-state index contributed by atoms with van der Waals surface area (Å²) in [5, 5.41) is 8.69. The van der Waals surface area contributed by atoms with Gasteiger partial charge in [0.1, 0.15) is 0 Å². The van der Waals surface area contributed by atoms with Crippen LogP contribution in [0.15, 0.2) is 48.4 Å². The lowest BCUT2D eigenvalue weighted by molar-refractivity contribution is 0.0254. The van der Waals surface area contributed by atoms with E-state index in [9.17, 15) is 0 Å². The van der Waals surface area contributed by atoms with E-state index in [0.29, 0.717) is 16.8 Å². The second kappa shape index (κ2) is 7.99. The Labute approximate surface area is 173 Å². The molecular weight excluding hydrogens is 360 g/mol. The van der Waals surface area contributed by atoms with Gasteiger partial charge in [0.05, 0.1) is 5.71 Å². The molecule has 152 valence electrons. The topological polar surface area (TPSA) is 75.2 Å². The number of nitrogens with zero attached hydrogens (tertiary/aromatic N) is 2. The van der Waals surface area contributed by atoms with Crippen LogP contribution in [0, 0.1) is 17.7 Å². The molecule has 2 aliphatic heterocycles. The van der Waals surface area contributed by atoms with Crippen LogP contribution in [0.25, 0.3) is 5.57 Å². The minimum atomic E-state index is 0.422. The van der Waals surface area contributed by atoms with Gasteiger partial charge in [0.2, 0.25) is 0 Å². The predicted octanol–water partition coefficient (Wildman–Crippen LogP) is 4.15. The third-order valence-electron chi connectivity index (χ3n) is 6.43. The van der Waals surface area contributed by atoms with Crippen molar-refractivity contribution >= 4 is 17.0 Å². The van der Waals surface area contributed by atoms with Crippen LogP contribution in [0.1, 0.15) is 42.9 Å². The largest absolute Gasteiger partial charge is 0.402 e. The quantitative estimate of drug-likeness (QED) is 0.769. The fourth-order valence-electron chi connectivity index (χ4n) is 4.75. The summed E-state index contributed by atoms with van der Waals surface area (Å²) in [6.45, 7) is 8.03. The van der Waals surface area contributed by atoms with E-state index in [-0.39, 0.29) is 0 Å². The molecule has 3 heterocycles. The van der Waals surface area contributed by atoms with Crippen LogP contribution in [0.3, 0.4) is 0 Å². The van der Waals surface area contributed by atoms with Gasteiger partial charge >= 0.3 is 0 Å². The summed E-state index contributed by atoms with van der Waals surface area (Å²) >= 11 is 0. The average Bonchev–Trinajstić information content (AvgIpc) is 3.12. The standard InChI is InChI=1S/C24H30N4O/c1-17-15-20(22(18(2)25)23(26)19-5-10-27-11-6-19)3-4-21(17)28-12-7-24(16-28)8-13-29-14-9-24/h3-6,10-11,15,26H,7-9,12-14,16,25H2,1-2H3/b22-18-,26-23?. The summed E-state index contributed by atoms with van der Waals surface area (Å²) in [6.07, 6.45) is 7.01. The highest BCUT2D eigenvalue weighted by Gasteiger charge is 2.39. The van der Waals surface area contributed by atoms with E-state index in [1.807, 2.05) is 19.1 Å². The summed E-state index contributed by atoms with van der Waals surface area (Å²) in [5.74, 6) is 0. The Hall–Kier alpha value is -2.66. The first-order valence-corrected chi connectivity index (χ1v) is 10.4. The Morgan fingerprint density at radius 3 is 2.48 bits per heavy atom. The second-order valence-electron chi connectivity index (χ2n) is 8.45. The molecule has 3 N–H and O–H groups in total. The number of pyridine rings is 1. The van der Waals surface area contributed by atoms with Gasteiger partial charge in [0.15, 0.2) is 0 Å². The highest BCUT2D eigenvalue weighted by molar-refractivity contribution is 6.30. The molecule has 4 rings (SSSR count). The van der Waals surface area contributed by atoms with E-state index in [0.717, 1.165) is 43.0 Å². The summed E-state index contributed by atoms with van der Waals surface area (Å²) in [4.78, 5) is 6.58. The molecule has 29 heavy (non-hydrogen) atoms. The van der Waals surface area contributed by atoms with Crippen molar-refractivity contribution < 1.29 is 4.74 Å². The van der Waals surface area contributed by atoms with Gasteiger partial charge in [-0.1, -0.05) is 6.07 Å². The third-order valence-corrected chi connectivity index (χ3v) is 6.43. The first-order valence-electron chi connectivity index (χ1n) is 10.4. The molecule has 1 aromatic carbocycles. The van der Waals surface area contributed by atoms with E-state index >= 15 is 0 Å². The van der Waals surface area contributed by atoms with Crippen LogP contribution in [0.4, 0.5) is 5.69 Å². The highest BCUT2D eigenvalue weighted by atomic mass is 16.5. The molecule has 5 heteroatoms. The maximum atomic E-state index is 8.69. The summed E-state index contributed by atoms with van der Waals surface area (Å²) in [7, 11) is 0. The molecule has 1 spiro atoms. The molecule has 2 aliphatic rings. The molecule has 0 aliphatic carbocycles. The fraction of sp³-hybridized carbons (Fsp3) is 0.417. The molecule has 1 aromatic heterocycles. The number of nitrogens with two attached hydrogens (primary N) is 1. The van der Waals surface area contributed by atoms with Crippen LogP contribution in [-0.2, 0) is 4.74 Å². The van der Waals surface area contributed by atoms with Gasteiger partial charge in [0.25, 0.3) is 0 Å². The van der Waals surface area contributed by atoms with Crippen LogP contribution in [0.2, 0.25) is 0 Å². The van der Waals surface area contributed by atoms with Crippen LogP contribution in [0.5, 0.6) is 0 Å². The van der Waals surface area contributed by atoms with Crippen molar-refractivity contribution in [3.63, 3.8) is 0 Å². The van der Waals surface area contributed by atoms with Crippen molar-refractivity contribution in [2.24, 2.45) is 11.1 Å². The van der Waals surface area contributed by atoms with Crippen LogP contribution >= 0.6 is 0 Å². The maximum Gasteiger partial charge on any atom is 0.0708 e. The number of nitrogens with one attached hydrogen (secondary N) is 1. The van der Waals surface area contributed by atoms with Gasteiger partial charge in [-0.15, -0.1) is 0 Å². The smallest absolute Gasteiger partial charge is 0.0708 e. The average molecular weight is 391 g/mol. The zero-order valence-electron chi connectivity index (χ0n) is 17.4. The van der Waals surface area contributed by atoms with Gasteiger partial charge in [-0.3, -0.25) is 10.4 Å². The molecule has 0 unspecified atom stereocenters. The summed E-state index contributed by atoms with van der Waals surface area (Å²) in [5.41, 5.74) is 12.8. The number of aryl methyl sites for hydroxylation is 1. The fourth-order valence-corrected chi connectivity index (χ4v) is 4.75. The van der Waals surface area contributed by atoms with Gasteiger partial charge in [-0.25, -0.2) is 0 Å². The van der Waals surface area contributed by atoms with Crippen molar-refractivity contribution in [3.8, 4) is 0 Å². The van der Waals surface area contributed by atoms with Crippen molar-refractivity contribution in [2.75, 3.05) is 31.2 Å². The first kappa shape index (κ1) is 19.6. The lowest BCUT2D eigenvalue weighted by Crippen LogP contribution is -2.33. The van der Waals surface area contributed by atoms with Crippen molar-refractivity contribution in [1.29, 1.82) is 5.41 Å². The Kier molecular flexibility index (Phi) is 5.41. The molecule has 0 saturated carbocycles. The van der Waals surface area contributed by atoms with Crippen molar-refractivity contribution in [2.45, 2.75) is 33.1 Å². The molecule has 5 nitrogen and oxygen atoms in total. The number of anilines is 1. The van der Waals surface area contributed by atoms with E-state index in [1.54, 1.807) is 12.4 Å². The first-order chi connectivity index (χ1) is 14.0. The van der Waals surface area contributed by atoms with Gasteiger partial charge < -0.3 is 15.4 Å². The predicted molar refractivity (Wildman–Crippen MR) is 118 cm³/mol. The van der Waals surface area contributed by atoms with Crippen LogP contribution < -0.4 is 10.6 Å². The number of benzene rings is 1. The monoisotopic (exact) mass is 390 g/mol. The van der Waals surface area contributed by atoms with E-state index in [2.05, 4.69) is 35.0 Å². The number of rotatable bonds is 4. The molecule has 0 radical (unpaired) electrons. The number of aromatic nitrogens is 1.